The lowest BCUT2D eigenvalue weighted by atomic mass is 10.0. The van der Waals surface area contributed by atoms with Gasteiger partial charge < -0.3 is 19.7 Å². The van der Waals surface area contributed by atoms with Gasteiger partial charge in [0.15, 0.2) is 0 Å². The fourth-order valence-corrected chi connectivity index (χ4v) is 5.40. The van der Waals surface area contributed by atoms with Gasteiger partial charge in [0.25, 0.3) is 0 Å². The van der Waals surface area contributed by atoms with Crippen molar-refractivity contribution < 1.29 is 27.5 Å². The summed E-state index contributed by atoms with van der Waals surface area (Å²) in [4.78, 5) is 29.6. The largest absolute Gasteiger partial charge is 0.497 e. The van der Waals surface area contributed by atoms with Crippen molar-refractivity contribution in [1.29, 1.82) is 0 Å². The number of aryl methyl sites for hydroxylation is 1. The maximum absolute atomic E-state index is 14.3. The van der Waals surface area contributed by atoms with E-state index < -0.39 is 28.5 Å². The topological polar surface area (TPSA) is 105 Å². The molecule has 9 nitrogen and oxygen atoms in total. The highest BCUT2D eigenvalue weighted by atomic mass is 32.2. The third-order valence-electron chi connectivity index (χ3n) is 7.21. The molecular formula is C32H41N3O6S. The molecule has 3 aromatic rings. The molecular weight excluding hydrogens is 554 g/mol. The molecule has 3 aromatic carbocycles. The number of carbonyl (C=O) groups excluding carboxylic acids is 2. The molecule has 0 heterocycles. The van der Waals surface area contributed by atoms with Crippen LogP contribution in [0.2, 0.25) is 0 Å². The van der Waals surface area contributed by atoms with Crippen molar-refractivity contribution >= 4 is 27.5 Å². The molecule has 0 saturated carbocycles. The number of rotatable bonds is 14. The second kappa shape index (κ2) is 14.7. The molecule has 226 valence electrons. The Morgan fingerprint density at radius 1 is 0.952 bits per heavy atom. The smallest absolute Gasteiger partial charge is 0.244 e. The second-order valence-electron chi connectivity index (χ2n) is 10.3. The molecule has 0 spiro atoms. The number of carbonyl (C=O) groups is 2. The number of ether oxygens (including phenoxy) is 2. The Morgan fingerprint density at radius 3 is 2.21 bits per heavy atom. The van der Waals surface area contributed by atoms with E-state index in [1.54, 1.807) is 12.1 Å². The summed E-state index contributed by atoms with van der Waals surface area (Å²) in [6, 6.07) is 20.8. The number of anilines is 1. The Hall–Kier alpha value is -4.05. The van der Waals surface area contributed by atoms with Crippen LogP contribution in [0.4, 0.5) is 5.69 Å². The van der Waals surface area contributed by atoms with Crippen LogP contribution in [0.25, 0.3) is 0 Å². The summed E-state index contributed by atoms with van der Waals surface area (Å²) in [5.74, 6) is -0.126. The molecule has 0 aliphatic rings. The predicted octanol–water partition coefficient (Wildman–Crippen LogP) is 4.33. The lowest BCUT2D eigenvalue weighted by molar-refractivity contribution is -0.140. The molecule has 2 atom stereocenters. The molecule has 0 saturated heterocycles. The Bertz CT molecular complexity index is 1460. The van der Waals surface area contributed by atoms with Gasteiger partial charge in [0.05, 0.1) is 26.2 Å². The second-order valence-corrected chi connectivity index (χ2v) is 12.2. The summed E-state index contributed by atoms with van der Waals surface area (Å²) in [5, 5.41) is 3.03. The van der Waals surface area contributed by atoms with Crippen molar-refractivity contribution in [2.45, 2.75) is 52.2 Å². The fourth-order valence-electron chi connectivity index (χ4n) is 4.55. The molecule has 2 amide bonds. The first-order valence-electron chi connectivity index (χ1n) is 13.9. The normalized spacial score (nSPS) is 12.6. The van der Waals surface area contributed by atoms with Crippen molar-refractivity contribution in [2.75, 3.05) is 31.3 Å². The summed E-state index contributed by atoms with van der Waals surface area (Å²) in [5.41, 5.74) is 2.87. The van der Waals surface area contributed by atoms with Gasteiger partial charge in [0, 0.05) is 25.1 Å². The van der Waals surface area contributed by atoms with Crippen molar-refractivity contribution in [1.82, 2.24) is 10.2 Å². The van der Waals surface area contributed by atoms with E-state index in [-0.39, 0.29) is 36.4 Å². The molecule has 42 heavy (non-hydrogen) atoms. The minimum Gasteiger partial charge on any atom is -0.497 e. The van der Waals surface area contributed by atoms with Gasteiger partial charge in [-0.2, -0.15) is 0 Å². The van der Waals surface area contributed by atoms with Gasteiger partial charge in [0.2, 0.25) is 21.8 Å². The number of hydrogen-bond donors (Lipinski definition) is 1. The van der Waals surface area contributed by atoms with Crippen molar-refractivity contribution in [3.05, 3.63) is 89.5 Å². The zero-order valence-electron chi connectivity index (χ0n) is 25.2. The van der Waals surface area contributed by atoms with Gasteiger partial charge in [-0.3, -0.25) is 13.9 Å². The number of nitrogens with zero attached hydrogens (tertiary/aromatic N) is 2. The van der Waals surface area contributed by atoms with Crippen LogP contribution in [-0.4, -0.2) is 64.2 Å². The number of benzene rings is 3. The summed E-state index contributed by atoms with van der Waals surface area (Å²) >= 11 is 0. The van der Waals surface area contributed by atoms with Crippen LogP contribution in [0.5, 0.6) is 11.5 Å². The molecule has 1 N–H and O–H groups in total. The van der Waals surface area contributed by atoms with E-state index in [0.717, 1.165) is 27.3 Å². The molecule has 3 rings (SSSR count). The van der Waals surface area contributed by atoms with E-state index in [0.29, 0.717) is 12.2 Å². The number of methoxy groups -OCH3 is 2. The van der Waals surface area contributed by atoms with Gasteiger partial charge in [-0.25, -0.2) is 8.42 Å². The van der Waals surface area contributed by atoms with E-state index in [1.807, 2.05) is 75.4 Å². The van der Waals surface area contributed by atoms with Crippen LogP contribution >= 0.6 is 0 Å². The van der Waals surface area contributed by atoms with E-state index in [2.05, 4.69) is 5.32 Å². The van der Waals surface area contributed by atoms with Gasteiger partial charge in [-0.1, -0.05) is 61.5 Å². The van der Waals surface area contributed by atoms with Gasteiger partial charge in [-0.05, 0) is 49.1 Å². The number of sulfonamides is 1. The fraction of sp³-hybridized carbons (Fsp3) is 0.375. The van der Waals surface area contributed by atoms with Crippen molar-refractivity contribution in [3.63, 3.8) is 0 Å². The van der Waals surface area contributed by atoms with Gasteiger partial charge in [0.1, 0.15) is 24.1 Å². The third-order valence-corrected chi connectivity index (χ3v) is 8.34. The molecule has 0 bridgehead atoms. The summed E-state index contributed by atoms with van der Waals surface area (Å²) in [6.45, 7) is 5.41. The molecule has 0 aliphatic heterocycles. The highest BCUT2D eigenvalue weighted by molar-refractivity contribution is 7.92. The first-order chi connectivity index (χ1) is 20.0. The van der Waals surface area contributed by atoms with Crippen molar-refractivity contribution in [2.24, 2.45) is 0 Å². The minimum absolute atomic E-state index is 0.109. The van der Waals surface area contributed by atoms with Crippen LogP contribution in [0.1, 0.15) is 37.0 Å². The Balaban J connectivity index is 2.11. The van der Waals surface area contributed by atoms with E-state index in [4.69, 9.17) is 9.47 Å². The molecule has 0 radical (unpaired) electrons. The van der Waals surface area contributed by atoms with E-state index in [9.17, 15) is 18.0 Å². The average Bonchev–Trinajstić information content (AvgIpc) is 2.97. The molecule has 0 unspecified atom stereocenters. The standard InChI is InChI=1S/C32H41N3O6S/c1-7-24(3)33-32(37)29(19-25-14-9-8-10-15-25)34(21-26-16-12-11-13-23(26)2)31(36)22-35(42(6,38)39)28-18-17-27(40-4)20-30(28)41-5/h8-18,20,24,29H,7,19,21-22H2,1-6H3,(H,33,37)/t24-,29-/m1/s1. The van der Waals surface area contributed by atoms with Crippen molar-refractivity contribution in [3.8, 4) is 11.5 Å². The van der Waals surface area contributed by atoms with Crippen LogP contribution in [0, 0.1) is 6.92 Å². The van der Waals surface area contributed by atoms with Crippen LogP contribution in [0.3, 0.4) is 0 Å². The SMILES string of the molecule is CC[C@@H](C)NC(=O)[C@@H](Cc1ccccc1)N(Cc1ccccc1C)C(=O)CN(c1ccc(OC)cc1OC)S(C)(=O)=O. The average molecular weight is 596 g/mol. The van der Waals surface area contributed by atoms with Crippen LogP contribution in [-0.2, 0) is 32.6 Å². The zero-order chi connectivity index (χ0) is 30.9. The quantitative estimate of drug-likeness (QED) is 0.298. The monoisotopic (exact) mass is 595 g/mol. The van der Waals surface area contributed by atoms with Crippen LogP contribution < -0.4 is 19.1 Å². The highest BCUT2D eigenvalue weighted by Crippen LogP contribution is 2.34. The minimum atomic E-state index is -3.94. The summed E-state index contributed by atoms with van der Waals surface area (Å²) in [6.07, 6.45) is 2.01. The van der Waals surface area contributed by atoms with Crippen LogP contribution in [0.15, 0.2) is 72.8 Å². The number of hydrogen-bond acceptors (Lipinski definition) is 6. The van der Waals surface area contributed by atoms with Gasteiger partial charge >= 0.3 is 0 Å². The maximum atomic E-state index is 14.3. The van der Waals surface area contributed by atoms with E-state index in [1.165, 1.54) is 25.2 Å². The lowest BCUT2D eigenvalue weighted by Gasteiger charge is -2.34. The third kappa shape index (κ3) is 8.48. The first-order valence-corrected chi connectivity index (χ1v) is 15.7. The zero-order valence-corrected chi connectivity index (χ0v) is 26.0. The molecule has 0 aromatic heterocycles. The number of nitrogens with one attached hydrogen (secondary N) is 1. The Morgan fingerprint density at radius 2 is 1.62 bits per heavy atom. The Labute approximate surface area is 249 Å². The Kier molecular flexibility index (Phi) is 11.4. The van der Waals surface area contributed by atoms with Gasteiger partial charge in [-0.15, -0.1) is 0 Å². The molecule has 0 aliphatic carbocycles. The first kappa shape index (κ1) is 32.5. The molecule has 10 heteroatoms. The predicted molar refractivity (Wildman–Crippen MR) is 165 cm³/mol. The number of amides is 2. The molecule has 0 fully saturated rings. The highest BCUT2D eigenvalue weighted by Gasteiger charge is 2.34. The summed E-state index contributed by atoms with van der Waals surface area (Å²) in [7, 11) is -1.03. The van der Waals surface area contributed by atoms with E-state index >= 15 is 0 Å². The lowest BCUT2D eigenvalue weighted by Crippen LogP contribution is -2.54. The summed E-state index contributed by atoms with van der Waals surface area (Å²) < 4.78 is 37.9. The maximum Gasteiger partial charge on any atom is 0.244 e.